The van der Waals surface area contributed by atoms with Crippen molar-refractivity contribution in [1.29, 1.82) is 0 Å². The first kappa shape index (κ1) is 8.78. The molecule has 0 amide bonds. The van der Waals surface area contributed by atoms with Crippen molar-refractivity contribution < 1.29 is 5.11 Å². The molecular weight excluding hydrogens is 239 g/mol. The minimum atomic E-state index is -0.308. The van der Waals surface area contributed by atoms with Gasteiger partial charge >= 0.3 is 0 Å². The third-order valence-electron chi connectivity index (χ3n) is 2.28. The van der Waals surface area contributed by atoms with E-state index in [-0.39, 0.29) is 5.60 Å². The molecule has 0 unspecified atom stereocenters. The lowest BCUT2D eigenvalue weighted by atomic mass is 9.98. The van der Waals surface area contributed by atoms with Crippen LogP contribution < -0.4 is 0 Å². The van der Waals surface area contributed by atoms with Crippen molar-refractivity contribution in [3.8, 4) is 0 Å². The van der Waals surface area contributed by atoms with Gasteiger partial charge in [-0.1, -0.05) is 48.3 Å². The molecule has 0 aromatic heterocycles. The molecule has 10 heavy (non-hydrogen) atoms. The predicted molar refractivity (Wildman–Crippen MR) is 51.5 cm³/mol. The first-order valence-corrected chi connectivity index (χ1v) is 5.58. The summed E-state index contributed by atoms with van der Waals surface area (Å²) in [4.78, 5) is 0. The number of aliphatic hydroxyl groups is 1. The van der Waals surface area contributed by atoms with Crippen molar-refractivity contribution in [2.75, 3.05) is 4.43 Å². The summed E-state index contributed by atoms with van der Waals surface area (Å²) in [5.41, 5.74) is -0.308. The molecule has 1 fully saturated rings. The summed E-state index contributed by atoms with van der Waals surface area (Å²) in [6.45, 7) is 0. The Labute approximate surface area is 76.3 Å². The Morgan fingerprint density at radius 1 is 1.10 bits per heavy atom. The van der Waals surface area contributed by atoms with Crippen LogP contribution in [0.5, 0.6) is 0 Å². The quantitative estimate of drug-likeness (QED) is 0.433. The molecule has 0 aliphatic heterocycles. The minimum Gasteiger partial charge on any atom is -0.389 e. The fourth-order valence-electron chi connectivity index (χ4n) is 1.52. The van der Waals surface area contributed by atoms with Crippen LogP contribution in [0.1, 0.15) is 38.5 Å². The van der Waals surface area contributed by atoms with E-state index in [1.165, 1.54) is 25.7 Å². The molecule has 0 saturated heterocycles. The molecule has 0 aromatic rings. The maximum absolute atomic E-state index is 9.85. The summed E-state index contributed by atoms with van der Waals surface area (Å²) >= 11 is 2.29. The van der Waals surface area contributed by atoms with Crippen LogP contribution in [0.2, 0.25) is 0 Å². The van der Waals surface area contributed by atoms with Crippen LogP contribution in [0.4, 0.5) is 0 Å². The van der Waals surface area contributed by atoms with Gasteiger partial charge in [0, 0.05) is 4.43 Å². The van der Waals surface area contributed by atoms with E-state index in [1.807, 2.05) is 0 Å². The van der Waals surface area contributed by atoms with Crippen LogP contribution in [0.3, 0.4) is 0 Å². The Balaban J connectivity index is 2.41. The third kappa shape index (κ3) is 2.38. The number of halogens is 1. The molecule has 0 radical (unpaired) electrons. The molecule has 1 aliphatic carbocycles. The van der Waals surface area contributed by atoms with Crippen LogP contribution in [-0.4, -0.2) is 15.1 Å². The fourth-order valence-corrected chi connectivity index (χ4v) is 2.28. The van der Waals surface area contributed by atoms with Gasteiger partial charge in [0.05, 0.1) is 5.60 Å². The standard InChI is InChI=1S/C8H15IO/c9-7-8(10)5-3-1-2-4-6-8/h10H,1-7H2. The fraction of sp³-hybridized carbons (Fsp3) is 1.00. The smallest absolute Gasteiger partial charge is 0.0736 e. The summed E-state index contributed by atoms with van der Waals surface area (Å²) in [7, 11) is 0. The summed E-state index contributed by atoms with van der Waals surface area (Å²) in [5.74, 6) is 0. The molecule has 1 aliphatic rings. The zero-order valence-corrected chi connectivity index (χ0v) is 8.43. The molecule has 1 saturated carbocycles. The largest absolute Gasteiger partial charge is 0.389 e. The van der Waals surface area contributed by atoms with Crippen LogP contribution in [0.25, 0.3) is 0 Å². The lowest BCUT2D eigenvalue weighted by Gasteiger charge is -2.23. The van der Waals surface area contributed by atoms with E-state index in [9.17, 15) is 5.11 Å². The average molecular weight is 254 g/mol. The number of hydrogen-bond donors (Lipinski definition) is 1. The molecule has 0 spiro atoms. The molecule has 2 heteroatoms. The molecule has 1 nitrogen and oxygen atoms in total. The van der Waals surface area contributed by atoms with E-state index in [0.29, 0.717) is 0 Å². The first-order valence-electron chi connectivity index (χ1n) is 4.05. The van der Waals surface area contributed by atoms with Crippen molar-refractivity contribution in [2.45, 2.75) is 44.1 Å². The molecule has 0 atom stereocenters. The highest BCUT2D eigenvalue weighted by Gasteiger charge is 2.25. The van der Waals surface area contributed by atoms with Gasteiger partial charge in [-0.05, 0) is 12.8 Å². The second-order valence-corrected chi connectivity index (χ2v) is 4.03. The van der Waals surface area contributed by atoms with E-state index in [1.54, 1.807) is 0 Å². The summed E-state index contributed by atoms with van der Waals surface area (Å²) in [6, 6.07) is 0. The molecule has 0 heterocycles. The summed E-state index contributed by atoms with van der Waals surface area (Å²) < 4.78 is 0.908. The van der Waals surface area contributed by atoms with Gasteiger partial charge in [0.1, 0.15) is 0 Å². The highest BCUT2D eigenvalue weighted by Crippen LogP contribution is 2.28. The predicted octanol–water partition coefficient (Wildman–Crippen LogP) is 2.51. The molecule has 0 aromatic carbocycles. The maximum Gasteiger partial charge on any atom is 0.0736 e. The van der Waals surface area contributed by atoms with Gasteiger partial charge in [-0.3, -0.25) is 0 Å². The van der Waals surface area contributed by atoms with Gasteiger partial charge < -0.3 is 5.11 Å². The zero-order chi connectivity index (χ0) is 7.45. The van der Waals surface area contributed by atoms with Gasteiger partial charge in [-0.2, -0.15) is 0 Å². The normalized spacial score (nSPS) is 25.8. The maximum atomic E-state index is 9.85. The topological polar surface area (TPSA) is 20.2 Å². The van der Waals surface area contributed by atoms with E-state index < -0.39 is 0 Å². The van der Waals surface area contributed by atoms with Crippen LogP contribution in [-0.2, 0) is 0 Å². The molecular formula is C8H15IO. The van der Waals surface area contributed by atoms with E-state index in [0.717, 1.165) is 17.3 Å². The third-order valence-corrected chi connectivity index (χ3v) is 3.70. The van der Waals surface area contributed by atoms with Crippen LogP contribution in [0, 0.1) is 0 Å². The first-order chi connectivity index (χ1) is 4.77. The van der Waals surface area contributed by atoms with Crippen LogP contribution >= 0.6 is 22.6 Å². The molecule has 1 N–H and O–H groups in total. The van der Waals surface area contributed by atoms with Crippen molar-refractivity contribution >= 4 is 22.6 Å². The van der Waals surface area contributed by atoms with Crippen molar-refractivity contribution in [3.05, 3.63) is 0 Å². The van der Waals surface area contributed by atoms with Crippen molar-refractivity contribution in [2.24, 2.45) is 0 Å². The van der Waals surface area contributed by atoms with E-state index >= 15 is 0 Å². The second kappa shape index (κ2) is 3.90. The SMILES string of the molecule is OC1(CI)CCCCCC1. The van der Waals surface area contributed by atoms with E-state index in [2.05, 4.69) is 22.6 Å². The zero-order valence-electron chi connectivity index (χ0n) is 6.27. The monoisotopic (exact) mass is 254 g/mol. The van der Waals surface area contributed by atoms with Crippen molar-refractivity contribution in [1.82, 2.24) is 0 Å². The van der Waals surface area contributed by atoms with Gasteiger partial charge in [-0.25, -0.2) is 0 Å². The molecule has 1 rings (SSSR count). The Morgan fingerprint density at radius 3 is 2.00 bits per heavy atom. The van der Waals surface area contributed by atoms with Gasteiger partial charge in [0.25, 0.3) is 0 Å². The van der Waals surface area contributed by atoms with Crippen molar-refractivity contribution in [3.63, 3.8) is 0 Å². The Hall–Kier alpha value is 0.690. The Morgan fingerprint density at radius 2 is 1.60 bits per heavy atom. The van der Waals surface area contributed by atoms with Gasteiger partial charge in [0.15, 0.2) is 0 Å². The highest BCUT2D eigenvalue weighted by atomic mass is 127. The Bertz CT molecular complexity index is 95.4. The highest BCUT2D eigenvalue weighted by molar-refractivity contribution is 14.1. The number of alkyl halides is 1. The number of hydrogen-bond acceptors (Lipinski definition) is 1. The number of rotatable bonds is 1. The van der Waals surface area contributed by atoms with E-state index in [4.69, 9.17) is 0 Å². The summed E-state index contributed by atoms with van der Waals surface area (Å²) in [6.07, 6.45) is 7.13. The Kier molecular flexibility index (Phi) is 3.43. The lowest BCUT2D eigenvalue weighted by Crippen LogP contribution is -2.29. The molecule has 60 valence electrons. The average Bonchev–Trinajstić information content (AvgIpc) is 2.15. The lowest BCUT2D eigenvalue weighted by molar-refractivity contribution is 0.0524. The second-order valence-electron chi connectivity index (χ2n) is 3.27. The van der Waals surface area contributed by atoms with Crippen LogP contribution in [0.15, 0.2) is 0 Å². The van der Waals surface area contributed by atoms with Gasteiger partial charge in [-0.15, -0.1) is 0 Å². The molecule has 0 bridgehead atoms. The minimum absolute atomic E-state index is 0.308. The van der Waals surface area contributed by atoms with Gasteiger partial charge in [0.2, 0.25) is 0 Å². The summed E-state index contributed by atoms with van der Waals surface area (Å²) in [5, 5.41) is 9.85.